The third kappa shape index (κ3) is 4.96. The highest BCUT2D eigenvalue weighted by molar-refractivity contribution is 7.87. The van der Waals surface area contributed by atoms with Crippen molar-refractivity contribution in [2.24, 2.45) is 0 Å². The number of likely N-dealkylation sites (N-methyl/N-ethyl adjacent to an activating group) is 1. The van der Waals surface area contributed by atoms with Gasteiger partial charge in [0.1, 0.15) is 0 Å². The molecule has 1 atom stereocenters. The molecule has 1 unspecified atom stereocenters. The highest BCUT2D eigenvalue weighted by Crippen LogP contribution is 2.40. The summed E-state index contributed by atoms with van der Waals surface area (Å²) in [6.07, 6.45) is 0. The summed E-state index contributed by atoms with van der Waals surface area (Å²) in [6, 6.07) is 3.39. The van der Waals surface area contributed by atoms with E-state index in [1.165, 1.54) is 28.4 Å². The van der Waals surface area contributed by atoms with Gasteiger partial charge in [-0.15, -0.1) is 0 Å². The Morgan fingerprint density at radius 2 is 1.61 bits per heavy atom. The van der Waals surface area contributed by atoms with Crippen LogP contribution < -0.4 is 23.7 Å². The van der Waals surface area contributed by atoms with E-state index in [1.807, 2.05) is 19.0 Å². The van der Waals surface area contributed by atoms with E-state index < -0.39 is 10.2 Å². The molecule has 23 heavy (non-hydrogen) atoms. The van der Waals surface area contributed by atoms with Gasteiger partial charge in [0.25, 0.3) is 10.2 Å². The molecule has 2 N–H and O–H groups in total. The molecule has 1 aromatic rings. The zero-order valence-corrected chi connectivity index (χ0v) is 15.2. The first kappa shape index (κ1) is 19.5. The van der Waals surface area contributed by atoms with E-state index in [0.717, 1.165) is 5.56 Å². The summed E-state index contributed by atoms with van der Waals surface area (Å²) in [6.45, 7) is 0.189. The van der Waals surface area contributed by atoms with Crippen molar-refractivity contribution in [3.05, 3.63) is 17.7 Å². The lowest BCUT2D eigenvalue weighted by Crippen LogP contribution is -2.39. The highest BCUT2D eigenvalue weighted by atomic mass is 32.2. The normalized spacial score (nSPS) is 13.0. The van der Waals surface area contributed by atoms with Gasteiger partial charge in [-0.3, -0.25) is 0 Å². The molecule has 0 aromatic heterocycles. The molecule has 0 saturated carbocycles. The molecular formula is C14H25N3O5S. The van der Waals surface area contributed by atoms with Gasteiger partial charge in [-0.25, -0.2) is 9.44 Å². The molecule has 0 aliphatic heterocycles. The van der Waals surface area contributed by atoms with Crippen molar-refractivity contribution in [1.82, 2.24) is 14.3 Å². The predicted octanol–water partition coefficient (Wildman–Crippen LogP) is 0.369. The second kappa shape index (κ2) is 8.34. The molecule has 0 spiro atoms. The van der Waals surface area contributed by atoms with E-state index >= 15 is 0 Å². The first-order valence-corrected chi connectivity index (χ1v) is 8.42. The van der Waals surface area contributed by atoms with Crippen LogP contribution in [0.25, 0.3) is 0 Å². The number of methoxy groups -OCH3 is 3. The molecule has 0 saturated heterocycles. The van der Waals surface area contributed by atoms with Crippen LogP contribution in [0.3, 0.4) is 0 Å². The quantitative estimate of drug-likeness (QED) is 0.671. The van der Waals surface area contributed by atoms with Crippen molar-refractivity contribution in [2.45, 2.75) is 6.04 Å². The average molecular weight is 347 g/mol. The molecule has 132 valence electrons. The van der Waals surface area contributed by atoms with Gasteiger partial charge in [0, 0.05) is 19.6 Å². The van der Waals surface area contributed by atoms with Crippen LogP contribution in [-0.4, -0.2) is 62.3 Å². The van der Waals surface area contributed by atoms with Crippen LogP contribution in [0.1, 0.15) is 11.6 Å². The maximum atomic E-state index is 11.6. The summed E-state index contributed by atoms with van der Waals surface area (Å²) in [4.78, 5) is 1.90. The minimum atomic E-state index is -3.51. The Morgan fingerprint density at radius 1 is 1.09 bits per heavy atom. The molecule has 9 heteroatoms. The number of ether oxygens (including phenoxy) is 3. The number of hydrogen-bond acceptors (Lipinski definition) is 6. The molecule has 0 aliphatic carbocycles. The molecule has 1 rings (SSSR count). The van der Waals surface area contributed by atoms with Crippen molar-refractivity contribution in [1.29, 1.82) is 0 Å². The van der Waals surface area contributed by atoms with Gasteiger partial charge < -0.3 is 19.1 Å². The second-order valence-corrected chi connectivity index (χ2v) is 6.70. The zero-order valence-electron chi connectivity index (χ0n) is 14.3. The Balaban J connectivity index is 3.22. The van der Waals surface area contributed by atoms with Crippen LogP contribution >= 0.6 is 0 Å². The number of hydrogen-bond donors (Lipinski definition) is 2. The first-order valence-electron chi connectivity index (χ1n) is 6.94. The fourth-order valence-electron chi connectivity index (χ4n) is 2.15. The Morgan fingerprint density at radius 3 is 1.96 bits per heavy atom. The average Bonchev–Trinajstić information content (AvgIpc) is 2.53. The Labute approximate surface area is 137 Å². The number of nitrogens with zero attached hydrogens (tertiary/aromatic N) is 1. The largest absolute Gasteiger partial charge is 0.493 e. The summed E-state index contributed by atoms with van der Waals surface area (Å²) in [5, 5.41) is 0. The third-order valence-corrected chi connectivity index (χ3v) is 4.51. The van der Waals surface area contributed by atoms with E-state index in [0.29, 0.717) is 17.2 Å². The van der Waals surface area contributed by atoms with Crippen LogP contribution in [0.5, 0.6) is 17.2 Å². The molecule has 1 aromatic carbocycles. The van der Waals surface area contributed by atoms with Crippen LogP contribution in [0.2, 0.25) is 0 Å². The number of rotatable bonds is 9. The summed E-state index contributed by atoms with van der Waals surface area (Å²) in [5.41, 5.74) is 0.836. The summed E-state index contributed by atoms with van der Waals surface area (Å²) < 4.78 is 43.9. The Kier molecular flexibility index (Phi) is 7.07. The summed E-state index contributed by atoms with van der Waals surface area (Å²) in [7, 11) is 6.17. The number of nitrogens with one attached hydrogen (secondary N) is 2. The minimum Gasteiger partial charge on any atom is -0.493 e. The van der Waals surface area contributed by atoms with Crippen LogP contribution in [0, 0.1) is 0 Å². The Bertz CT molecular complexity index is 594. The van der Waals surface area contributed by atoms with Gasteiger partial charge in [0.2, 0.25) is 5.75 Å². The SMILES string of the molecule is CNS(=O)(=O)NCC(c1cc(OC)c(OC)c(OC)c1)N(C)C. The topological polar surface area (TPSA) is 89.1 Å². The Hall–Kier alpha value is -1.55. The molecule has 8 nitrogen and oxygen atoms in total. The molecule has 0 fully saturated rings. The van der Waals surface area contributed by atoms with E-state index in [9.17, 15) is 8.42 Å². The van der Waals surface area contributed by atoms with E-state index in [1.54, 1.807) is 12.1 Å². The zero-order chi connectivity index (χ0) is 17.6. The van der Waals surface area contributed by atoms with Crippen molar-refractivity contribution in [3.63, 3.8) is 0 Å². The van der Waals surface area contributed by atoms with E-state index in [2.05, 4.69) is 9.44 Å². The lowest BCUT2D eigenvalue weighted by Gasteiger charge is -2.26. The van der Waals surface area contributed by atoms with Crippen LogP contribution in [-0.2, 0) is 10.2 Å². The minimum absolute atomic E-state index is 0.189. The molecule has 0 heterocycles. The molecule has 0 radical (unpaired) electrons. The smallest absolute Gasteiger partial charge is 0.276 e. The molecule has 0 aliphatic rings. The number of benzene rings is 1. The van der Waals surface area contributed by atoms with Crippen LogP contribution in [0.15, 0.2) is 12.1 Å². The lowest BCUT2D eigenvalue weighted by molar-refractivity contribution is 0.292. The van der Waals surface area contributed by atoms with E-state index in [-0.39, 0.29) is 12.6 Å². The standard InChI is InChI=1S/C14H25N3O5S/c1-15-23(18,19)16-9-11(17(2)3)10-7-12(20-4)14(22-6)13(8-10)21-5/h7-8,11,15-16H,9H2,1-6H3. The molecular weight excluding hydrogens is 322 g/mol. The first-order chi connectivity index (χ1) is 10.8. The van der Waals surface area contributed by atoms with Crippen molar-refractivity contribution >= 4 is 10.2 Å². The van der Waals surface area contributed by atoms with Gasteiger partial charge in [-0.05, 0) is 31.8 Å². The third-order valence-electron chi connectivity index (χ3n) is 3.43. The van der Waals surface area contributed by atoms with Gasteiger partial charge >= 0.3 is 0 Å². The van der Waals surface area contributed by atoms with Crippen molar-refractivity contribution in [3.8, 4) is 17.2 Å². The van der Waals surface area contributed by atoms with Crippen LogP contribution in [0.4, 0.5) is 0 Å². The van der Waals surface area contributed by atoms with Crippen molar-refractivity contribution in [2.75, 3.05) is 49.0 Å². The lowest BCUT2D eigenvalue weighted by atomic mass is 10.0. The van der Waals surface area contributed by atoms with Crippen molar-refractivity contribution < 1.29 is 22.6 Å². The van der Waals surface area contributed by atoms with E-state index in [4.69, 9.17) is 14.2 Å². The van der Waals surface area contributed by atoms with Gasteiger partial charge in [-0.2, -0.15) is 8.42 Å². The maximum absolute atomic E-state index is 11.6. The maximum Gasteiger partial charge on any atom is 0.276 e. The molecule has 0 bridgehead atoms. The summed E-state index contributed by atoms with van der Waals surface area (Å²) >= 11 is 0. The van der Waals surface area contributed by atoms with Gasteiger partial charge in [0.05, 0.1) is 21.3 Å². The predicted molar refractivity (Wildman–Crippen MR) is 88.5 cm³/mol. The monoisotopic (exact) mass is 347 g/mol. The summed E-state index contributed by atoms with van der Waals surface area (Å²) in [5.74, 6) is 1.53. The second-order valence-electron chi connectivity index (χ2n) is 4.99. The van der Waals surface area contributed by atoms with Gasteiger partial charge in [0.15, 0.2) is 11.5 Å². The molecule has 0 amide bonds. The highest BCUT2D eigenvalue weighted by Gasteiger charge is 2.21. The fourth-order valence-corrected chi connectivity index (χ4v) is 2.67. The van der Waals surface area contributed by atoms with Gasteiger partial charge in [-0.1, -0.05) is 0 Å². The fraction of sp³-hybridized carbons (Fsp3) is 0.571.